The molecule has 1 aromatic rings. The Morgan fingerprint density at radius 3 is 2.74 bits per heavy atom. The van der Waals surface area contributed by atoms with Crippen molar-refractivity contribution in [3.63, 3.8) is 0 Å². The maximum atomic E-state index is 6.62. The predicted molar refractivity (Wildman–Crippen MR) is 97.1 cm³/mol. The van der Waals surface area contributed by atoms with Crippen LogP contribution in [0.15, 0.2) is 18.2 Å². The molecule has 1 unspecified atom stereocenters. The molecule has 2 heterocycles. The summed E-state index contributed by atoms with van der Waals surface area (Å²) in [5, 5.41) is 3.89. The van der Waals surface area contributed by atoms with Gasteiger partial charge in [-0.1, -0.05) is 26.8 Å². The van der Waals surface area contributed by atoms with E-state index < -0.39 is 8.32 Å². The lowest BCUT2D eigenvalue weighted by molar-refractivity contribution is -0.0620. The molecule has 5 heteroatoms. The van der Waals surface area contributed by atoms with Crippen LogP contribution in [0.25, 0.3) is 0 Å². The predicted octanol–water partition coefficient (Wildman–Crippen LogP) is 3.79. The summed E-state index contributed by atoms with van der Waals surface area (Å²) in [5.41, 5.74) is 9.34. The number of ether oxygens (including phenoxy) is 1. The molecule has 0 radical (unpaired) electrons. The third-order valence-corrected chi connectivity index (χ3v) is 10.2. The van der Waals surface area contributed by atoms with Crippen molar-refractivity contribution in [1.29, 1.82) is 0 Å². The molecule has 1 saturated heterocycles. The fraction of sp³-hybridized carbons (Fsp3) is 0.667. The molecule has 3 N–H and O–H groups in total. The van der Waals surface area contributed by atoms with Gasteiger partial charge >= 0.3 is 0 Å². The Labute approximate surface area is 140 Å². The summed E-state index contributed by atoms with van der Waals surface area (Å²) in [6.07, 6.45) is 1.27. The summed E-state index contributed by atoms with van der Waals surface area (Å²) in [5.74, 6) is 0. The van der Waals surface area contributed by atoms with Gasteiger partial charge in [-0.15, -0.1) is 0 Å². The van der Waals surface area contributed by atoms with E-state index in [1.54, 1.807) is 0 Å². The van der Waals surface area contributed by atoms with Crippen molar-refractivity contribution in [2.45, 2.75) is 70.1 Å². The van der Waals surface area contributed by atoms with E-state index in [9.17, 15) is 0 Å². The van der Waals surface area contributed by atoms with Crippen molar-refractivity contribution in [3.05, 3.63) is 29.3 Å². The van der Waals surface area contributed by atoms with Gasteiger partial charge in [-0.2, -0.15) is 0 Å². The molecule has 0 amide bonds. The number of rotatable bonds is 3. The highest BCUT2D eigenvalue weighted by Gasteiger charge is 2.44. The Balaban J connectivity index is 1.79. The van der Waals surface area contributed by atoms with Gasteiger partial charge in [0, 0.05) is 24.2 Å². The number of nitrogens with two attached hydrogens (primary N) is 1. The summed E-state index contributed by atoms with van der Waals surface area (Å²) < 4.78 is 12.8. The molecule has 0 saturated carbocycles. The molecule has 2 bridgehead atoms. The highest BCUT2D eigenvalue weighted by Crippen LogP contribution is 2.43. The van der Waals surface area contributed by atoms with Crippen LogP contribution >= 0.6 is 0 Å². The molecule has 1 fully saturated rings. The second-order valence-corrected chi connectivity index (χ2v) is 13.1. The second-order valence-electron chi connectivity index (χ2n) is 8.35. The lowest BCUT2D eigenvalue weighted by atomic mass is 9.89. The molecular weight excluding hydrogens is 304 g/mol. The van der Waals surface area contributed by atoms with Crippen molar-refractivity contribution in [3.8, 4) is 0 Å². The molecule has 2 aliphatic rings. The van der Waals surface area contributed by atoms with Crippen molar-refractivity contribution < 1.29 is 9.16 Å². The monoisotopic (exact) mass is 334 g/mol. The third-order valence-electron chi connectivity index (χ3n) is 5.67. The number of fused-ring (bicyclic) bond motifs is 4. The summed E-state index contributed by atoms with van der Waals surface area (Å²) >= 11 is 0. The molecule has 4 nitrogen and oxygen atoms in total. The van der Waals surface area contributed by atoms with Crippen LogP contribution in [0.5, 0.6) is 0 Å². The SMILES string of the molecule is CC(C)(C)[Si](C)(C)O[C@@H]1CO[C@H]2CC1Nc1ccc(CN)cc12. The average Bonchev–Trinajstić information content (AvgIpc) is 2.48. The van der Waals surface area contributed by atoms with Crippen LogP contribution < -0.4 is 11.1 Å². The lowest BCUT2D eigenvalue weighted by Crippen LogP contribution is -2.54. The molecule has 0 spiro atoms. The maximum Gasteiger partial charge on any atom is 0.192 e. The Bertz CT molecular complexity index is 583. The number of hydrogen-bond donors (Lipinski definition) is 2. The minimum absolute atomic E-state index is 0.134. The Hall–Kier alpha value is -0.883. The minimum atomic E-state index is -1.79. The first-order chi connectivity index (χ1) is 10.7. The van der Waals surface area contributed by atoms with Crippen LogP contribution in [0.2, 0.25) is 18.1 Å². The fourth-order valence-corrected chi connectivity index (χ4v) is 4.50. The smallest absolute Gasteiger partial charge is 0.192 e. The lowest BCUT2D eigenvalue weighted by Gasteiger charge is -2.47. The molecular formula is C18H30N2O2Si. The van der Waals surface area contributed by atoms with E-state index in [2.05, 4.69) is 57.4 Å². The first kappa shape index (κ1) is 17.0. The number of benzene rings is 1. The van der Waals surface area contributed by atoms with Gasteiger partial charge < -0.3 is 20.2 Å². The van der Waals surface area contributed by atoms with Crippen molar-refractivity contribution in [1.82, 2.24) is 0 Å². The van der Waals surface area contributed by atoms with E-state index in [4.69, 9.17) is 14.9 Å². The Morgan fingerprint density at radius 2 is 2.09 bits per heavy atom. The quantitative estimate of drug-likeness (QED) is 0.826. The van der Waals surface area contributed by atoms with Crippen molar-refractivity contribution >= 4 is 14.0 Å². The molecule has 23 heavy (non-hydrogen) atoms. The first-order valence-corrected chi connectivity index (χ1v) is 11.5. The number of nitrogens with one attached hydrogen (secondary N) is 1. The van der Waals surface area contributed by atoms with Gasteiger partial charge in [0.2, 0.25) is 0 Å². The van der Waals surface area contributed by atoms with Gasteiger partial charge in [0.05, 0.1) is 24.9 Å². The summed E-state index contributed by atoms with van der Waals surface area (Å²) in [7, 11) is -1.79. The molecule has 2 aliphatic heterocycles. The first-order valence-electron chi connectivity index (χ1n) is 8.60. The van der Waals surface area contributed by atoms with E-state index in [1.807, 2.05) is 0 Å². The zero-order chi connectivity index (χ0) is 16.8. The normalized spacial score (nSPS) is 27.3. The van der Waals surface area contributed by atoms with E-state index in [0.29, 0.717) is 19.2 Å². The minimum Gasteiger partial charge on any atom is -0.409 e. The largest absolute Gasteiger partial charge is 0.409 e. The highest BCUT2D eigenvalue weighted by atomic mass is 28.4. The van der Waals surface area contributed by atoms with Crippen LogP contribution in [-0.2, 0) is 15.7 Å². The fourth-order valence-electron chi connectivity index (χ4n) is 3.15. The average molecular weight is 335 g/mol. The molecule has 0 aromatic heterocycles. The molecule has 1 aromatic carbocycles. The summed E-state index contributed by atoms with van der Waals surface area (Å²) in [4.78, 5) is 0. The van der Waals surface area contributed by atoms with Crippen LogP contribution in [0.1, 0.15) is 44.4 Å². The summed E-state index contributed by atoms with van der Waals surface area (Å²) in [6.45, 7) is 12.7. The second kappa shape index (κ2) is 5.88. The van der Waals surface area contributed by atoms with Crippen molar-refractivity contribution in [2.24, 2.45) is 5.73 Å². The van der Waals surface area contributed by atoms with Gasteiger partial charge in [0.1, 0.15) is 0 Å². The van der Waals surface area contributed by atoms with E-state index >= 15 is 0 Å². The van der Waals surface area contributed by atoms with Gasteiger partial charge in [-0.05, 0) is 35.8 Å². The Kier molecular flexibility index (Phi) is 4.34. The Morgan fingerprint density at radius 1 is 1.35 bits per heavy atom. The van der Waals surface area contributed by atoms with E-state index in [1.165, 1.54) is 11.3 Å². The number of anilines is 1. The molecule has 3 atom stereocenters. The van der Waals surface area contributed by atoms with E-state index in [-0.39, 0.29) is 17.2 Å². The van der Waals surface area contributed by atoms with Crippen LogP contribution in [0, 0.1) is 0 Å². The molecule has 3 rings (SSSR count). The topological polar surface area (TPSA) is 56.5 Å². The zero-order valence-corrected chi connectivity index (χ0v) is 16.0. The maximum absolute atomic E-state index is 6.62. The zero-order valence-electron chi connectivity index (χ0n) is 15.0. The van der Waals surface area contributed by atoms with Gasteiger partial charge in [-0.25, -0.2) is 0 Å². The third kappa shape index (κ3) is 3.20. The van der Waals surface area contributed by atoms with Gasteiger partial charge in [0.15, 0.2) is 8.32 Å². The van der Waals surface area contributed by atoms with Gasteiger partial charge in [0.25, 0.3) is 0 Å². The van der Waals surface area contributed by atoms with Gasteiger partial charge in [-0.3, -0.25) is 0 Å². The van der Waals surface area contributed by atoms with Crippen molar-refractivity contribution in [2.75, 3.05) is 11.9 Å². The van der Waals surface area contributed by atoms with Crippen LogP contribution in [0.4, 0.5) is 5.69 Å². The van der Waals surface area contributed by atoms with E-state index in [0.717, 1.165) is 12.0 Å². The molecule has 128 valence electrons. The summed E-state index contributed by atoms with van der Waals surface area (Å²) in [6, 6.07) is 6.74. The van der Waals surface area contributed by atoms with Crippen LogP contribution in [-0.4, -0.2) is 27.1 Å². The molecule has 0 aliphatic carbocycles. The van der Waals surface area contributed by atoms with Crippen LogP contribution in [0.3, 0.4) is 0 Å². The number of hydrogen-bond acceptors (Lipinski definition) is 4. The standard InChI is InChI=1S/C18H30N2O2Si/c1-18(2,3)23(4,5)22-17-11-21-16-9-15(17)20-14-7-6-12(10-19)8-13(14)16/h6-8,15-17,20H,9-11,19H2,1-5H3/t15?,16-,17+/m0/s1. The highest BCUT2D eigenvalue weighted by molar-refractivity contribution is 6.74.